The van der Waals surface area contributed by atoms with Gasteiger partial charge in [-0.1, -0.05) is 41.9 Å². The first kappa shape index (κ1) is 28.1. The second-order valence-electron chi connectivity index (χ2n) is 8.50. The van der Waals surface area contributed by atoms with E-state index in [9.17, 15) is 24.1 Å². The van der Waals surface area contributed by atoms with Crippen LogP contribution in [0.25, 0.3) is 0 Å². The number of nitro groups is 1. The number of benzene rings is 4. The minimum absolute atomic E-state index is 0.0302. The summed E-state index contributed by atoms with van der Waals surface area (Å²) in [5, 5.41) is 16.1. The number of hydrogen-bond donors (Lipinski definition) is 2. The second-order valence-corrected chi connectivity index (χ2v) is 8.91. The van der Waals surface area contributed by atoms with E-state index in [2.05, 4.69) is 10.6 Å². The predicted molar refractivity (Wildman–Crippen MR) is 151 cm³/mol. The molecule has 0 aliphatic heterocycles. The molecule has 0 radical (unpaired) electrons. The van der Waals surface area contributed by atoms with Crippen molar-refractivity contribution in [2.75, 3.05) is 23.3 Å². The Labute approximate surface area is 234 Å². The smallest absolute Gasteiger partial charge is 0.326 e. The first-order valence-corrected chi connectivity index (χ1v) is 12.6. The summed E-state index contributed by atoms with van der Waals surface area (Å²) in [6.07, 6.45) is 0.337. The lowest BCUT2D eigenvalue weighted by molar-refractivity contribution is -0.384. The van der Waals surface area contributed by atoms with Crippen LogP contribution < -0.4 is 20.3 Å². The van der Waals surface area contributed by atoms with Gasteiger partial charge in [0.2, 0.25) is 0 Å². The van der Waals surface area contributed by atoms with E-state index in [1.807, 2.05) is 30.3 Å². The van der Waals surface area contributed by atoms with Crippen molar-refractivity contribution in [1.82, 2.24) is 5.32 Å². The summed E-state index contributed by atoms with van der Waals surface area (Å²) in [5.41, 5.74) is 0.426. The zero-order chi connectivity index (χ0) is 28.5. The number of urea groups is 1. The van der Waals surface area contributed by atoms with E-state index in [0.29, 0.717) is 23.6 Å². The second kappa shape index (κ2) is 13.2. The molecule has 0 fully saturated rings. The van der Waals surface area contributed by atoms with Crippen molar-refractivity contribution in [3.05, 3.63) is 124 Å². The van der Waals surface area contributed by atoms with Crippen LogP contribution in [0.2, 0.25) is 5.02 Å². The number of ether oxygens (including phenoxy) is 1. The fourth-order valence-electron chi connectivity index (χ4n) is 3.75. The van der Waals surface area contributed by atoms with E-state index >= 15 is 0 Å². The Bertz CT molecular complexity index is 1500. The molecule has 0 bridgehead atoms. The van der Waals surface area contributed by atoms with Crippen LogP contribution in [0.4, 0.5) is 26.2 Å². The van der Waals surface area contributed by atoms with Gasteiger partial charge < -0.3 is 15.4 Å². The molecule has 9 nitrogen and oxygen atoms in total. The van der Waals surface area contributed by atoms with Crippen LogP contribution in [0.3, 0.4) is 0 Å². The van der Waals surface area contributed by atoms with Gasteiger partial charge in [0.25, 0.3) is 11.6 Å². The van der Waals surface area contributed by atoms with E-state index in [0.717, 1.165) is 6.07 Å². The van der Waals surface area contributed by atoms with E-state index < -0.39 is 22.7 Å². The number of non-ortho nitro benzene ring substituents is 1. The number of para-hydroxylation sites is 2. The normalized spacial score (nSPS) is 10.4. The lowest BCUT2D eigenvalue weighted by Gasteiger charge is -2.24. The molecule has 3 amide bonds. The van der Waals surface area contributed by atoms with Crippen molar-refractivity contribution in [3.63, 3.8) is 0 Å². The van der Waals surface area contributed by atoms with Crippen LogP contribution in [0.5, 0.6) is 11.5 Å². The van der Waals surface area contributed by atoms with E-state index in [-0.39, 0.29) is 35.1 Å². The van der Waals surface area contributed by atoms with Crippen molar-refractivity contribution in [2.24, 2.45) is 0 Å². The van der Waals surface area contributed by atoms with Gasteiger partial charge in [-0.2, -0.15) is 0 Å². The third-order valence-corrected chi connectivity index (χ3v) is 6.05. The van der Waals surface area contributed by atoms with Crippen molar-refractivity contribution in [3.8, 4) is 11.5 Å². The van der Waals surface area contributed by atoms with Gasteiger partial charge in [0.05, 0.1) is 21.2 Å². The quantitative estimate of drug-likeness (QED) is 0.122. The van der Waals surface area contributed by atoms with Gasteiger partial charge in [0.1, 0.15) is 17.3 Å². The molecule has 0 saturated heterocycles. The molecule has 4 aromatic carbocycles. The number of nitrogens with one attached hydrogen (secondary N) is 2. The molecular formula is C29H24ClFN4O5. The van der Waals surface area contributed by atoms with Crippen molar-refractivity contribution < 1.29 is 23.6 Å². The summed E-state index contributed by atoms with van der Waals surface area (Å²) < 4.78 is 20.0. The molecule has 0 aliphatic carbocycles. The molecule has 0 saturated carbocycles. The minimum atomic E-state index is -0.602. The fourth-order valence-corrected chi connectivity index (χ4v) is 4.01. The Balaban J connectivity index is 1.43. The Morgan fingerprint density at radius 2 is 1.60 bits per heavy atom. The van der Waals surface area contributed by atoms with Crippen LogP contribution in [0.1, 0.15) is 16.8 Å². The molecule has 0 spiro atoms. The zero-order valence-electron chi connectivity index (χ0n) is 21.1. The molecule has 0 atom stereocenters. The molecule has 11 heteroatoms. The molecule has 40 heavy (non-hydrogen) atoms. The monoisotopic (exact) mass is 562 g/mol. The van der Waals surface area contributed by atoms with Crippen LogP contribution in [0, 0.1) is 15.9 Å². The van der Waals surface area contributed by atoms with Gasteiger partial charge in [-0.15, -0.1) is 0 Å². The highest BCUT2D eigenvalue weighted by Gasteiger charge is 2.19. The summed E-state index contributed by atoms with van der Waals surface area (Å²) in [5.74, 6) is 0.143. The number of hydrogen-bond acceptors (Lipinski definition) is 5. The number of nitrogens with zero attached hydrogens (tertiary/aromatic N) is 2. The number of rotatable bonds is 10. The summed E-state index contributed by atoms with van der Waals surface area (Å²) >= 11 is 6.04. The Kier molecular flexibility index (Phi) is 9.27. The highest BCUT2D eigenvalue weighted by atomic mass is 35.5. The Morgan fingerprint density at radius 3 is 2.27 bits per heavy atom. The highest BCUT2D eigenvalue weighted by Crippen LogP contribution is 2.26. The van der Waals surface area contributed by atoms with Crippen LogP contribution in [0.15, 0.2) is 97.1 Å². The van der Waals surface area contributed by atoms with Crippen molar-refractivity contribution in [2.45, 2.75) is 6.42 Å². The SMILES string of the molecule is O=C(NCCCN(C(=O)Nc1ccccc1F)c1ccc(Oc2ccccc2)cc1)c1ccc([N+](=O)[O-])cc1Cl. The zero-order valence-corrected chi connectivity index (χ0v) is 21.8. The Hall–Kier alpha value is -4.96. The summed E-state index contributed by atoms with van der Waals surface area (Å²) in [6.45, 7) is 0.346. The summed E-state index contributed by atoms with van der Waals surface area (Å²) in [4.78, 5) is 37.4. The van der Waals surface area contributed by atoms with Gasteiger partial charge >= 0.3 is 6.03 Å². The molecule has 4 rings (SSSR count). The highest BCUT2D eigenvalue weighted by molar-refractivity contribution is 6.34. The molecule has 2 N–H and O–H groups in total. The largest absolute Gasteiger partial charge is 0.457 e. The lowest BCUT2D eigenvalue weighted by Crippen LogP contribution is -2.37. The average molecular weight is 563 g/mol. The van der Waals surface area contributed by atoms with Crippen LogP contribution in [-0.4, -0.2) is 30.0 Å². The Morgan fingerprint density at radius 1 is 0.925 bits per heavy atom. The minimum Gasteiger partial charge on any atom is -0.457 e. The number of nitro benzene ring substituents is 1. The number of carbonyl (C=O) groups is 2. The molecule has 204 valence electrons. The molecule has 0 heterocycles. The lowest BCUT2D eigenvalue weighted by atomic mass is 10.2. The summed E-state index contributed by atoms with van der Waals surface area (Å²) in [6, 6.07) is 24.9. The number of amides is 3. The molecular weight excluding hydrogens is 539 g/mol. The first-order chi connectivity index (χ1) is 19.3. The molecule has 0 aromatic heterocycles. The van der Waals surface area contributed by atoms with Gasteiger partial charge in [-0.05, 0) is 61.0 Å². The molecule has 0 aliphatic rings. The van der Waals surface area contributed by atoms with Crippen LogP contribution >= 0.6 is 11.6 Å². The first-order valence-electron chi connectivity index (χ1n) is 12.2. The van der Waals surface area contributed by atoms with Gasteiger partial charge in [-0.25, -0.2) is 9.18 Å². The van der Waals surface area contributed by atoms with E-state index in [4.69, 9.17) is 16.3 Å². The summed E-state index contributed by atoms with van der Waals surface area (Å²) in [7, 11) is 0. The topological polar surface area (TPSA) is 114 Å². The standard InChI is InChI=1S/C29H24ClFN4O5/c30-25-19-21(35(38)39)13-16-24(25)28(36)32-17-6-18-34(29(37)33-27-10-5-4-9-26(27)31)20-11-14-23(15-12-20)40-22-7-2-1-3-8-22/h1-5,7-16,19H,6,17-18H2,(H,32,36)(H,33,37). The molecule has 4 aromatic rings. The van der Waals surface area contributed by atoms with Gasteiger partial charge in [-0.3, -0.25) is 19.8 Å². The fraction of sp³-hybridized carbons (Fsp3) is 0.103. The maximum absolute atomic E-state index is 14.2. The van der Waals surface area contributed by atoms with Gasteiger partial charge in [0.15, 0.2) is 0 Å². The number of halogens is 2. The predicted octanol–water partition coefficient (Wildman–Crippen LogP) is 7.04. The van der Waals surface area contributed by atoms with E-state index in [1.54, 1.807) is 30.3 Å². The van der Waals surface area contributed by atoms with Gasteiger partial charge in [0, 0.05) is 30.9 Å². The molecule has 0 unspecified atom stereocenters. The van der Waals surface area contributed by atoms with Crippen molar-refractivity contribution in [1.29, 1.82) is 0 Å². The third-order valence-electron chi connectivity index (χ3n) is 5.74. The maximum Gasteiger partial charge on any atom is 0.326 e. The van der Waals surface area contributed by atoms with Crippen LogP contribution in [-0.2, 0) is 0 Å². The van der Waals surface area contributed by atoms with Crippen molar-refractivity contribution >= 4 is 40.6 Å². The average Bonchev–Trinajstić information content (AvgIpc) is 2.95. The van der Waals surface area contributed by atoms with E-state index in [1.165, 1.54) is 35.2 Å². The maximum atomic E-state index is 14.2. The third kappa shape index (κ3) is 7.33. The number of anilines is 2. The number of carbonyl (C=O) groups excluding carboxylic acids is 2.